The summed E-state index contributed by atoms with van der Waals surface area (Å²) in [7, 11) is 0. The fourth-order valence-corrected chi connectivity index (χ4v) is 2.78. The molecule has 0 saturated heterocycles. The lowest BCUT2D eigenvalue weighted by atomic mass is 10.1. The minimum atomic E-state index is 0.0828. The van der Waals surface area contributed by atoms with Gasteiger partial charge in [-0.3, -0.25) is 4.79 Å². The largest absolute Gasteiger partial charge is 0.398 e. The Morgan fingerprint density at radius 3 is 2.67 bits per heavy atom. The number of rotatable bonds is 4. The summed E-state index contributed by atoms with van der Waals surface area (Å²) in [6, 6.07) is 16.0. The van der Waals surface area contributed by atoms with Crippen LogP contribution in [0.4, 0.5) is 11.4 Å². The molecule has 3 N–H and O–H groups in total. The van der Waals surface area contributed by atoms with E-state index in [1.807, 2.05) is 36.4 Å². The van der Waals surface area contributed by atoms with E-state index in [4.69, 9.17) is 5.73 Å². The van der Waals surface area contributed by atoms with E-state index in [-0.39, 0.29) is 11.8 Å². The van der Waals surface area contributed by atoms with Crippen LogP contribution in [0.3, 0.4) is 0 Å². The van der Waals surface area contributed by atoms with Gasteiger partial charge in [-0.25, -0.2) is 0 Å². The van der Waals surface area contributed by atoms with Gasteiger partial charge in [0.2, 0.25) is 5.91 Å². The van der Waals surface area contributed by atoms with Crippen molar-refractivity contribution in [3.05, 3.63) is 59.7 Å². The molecule has 2 aromatic carbocycles. The Morgan fingerprint density at radius 2 is 2.00 bits per heavy atom. The van der Waals surface area contributed by atoms with Crippen LogP contribution in [-0.2, 0) is 11.2 Å². The Labute approximate surface area is 125 Å². The molecule has 3 heteroatoms. The van der Waals surface area contributed by atoms with Crippen LogP contribution >= 0.6 is 0 Å². The van der Waals surface area contributed by atoms with Gasteiger partial charge in [0.25, 0.3) is 0 Å². The van der Waals surface area contributed by atoms with Crippen molar-refractivity contribution in [2.45, 2.75) is 25.7 Å². The first kappa shape index (κ1) is 13.7. The van der Waals surface area contributed by atoms with Gasteiger partial charge in [-0.2, -0.15) is 0 Å². The normalized spacial score (nSPS) is 20.0. The molecular weight excluding hydrogens is 260 g/mol. The maximum absolute atomic E-state index is 12.3. The van der Waals surface area contributed by atoms with Crippen molar-refractivity contribution in [1.29, 1.82) is 0 Å². The number of nitrogens with one attached hydrogen (secondary N) is 1. The topological polar surface area (TPSA) is 55.1 Å². The summed E-state index contributed by atoms with van der Waals surface area (Å²) in [4.78, 5) is 12.3. The summed E-state index contributed by atoms with van der Waals surface area (Å²) in [6.45, 7) is 2.07. The van der Waals surface area contributed by atoms with Crippen LogP contribution in [0.5, 0.6) is 0 Å². The number of amides is 1. The molecule has 0 spiro atoms. The van der Waals surface area contributed by atoms with Crippen LogP contribution < -0.4 is 11.1 Å². The van der Waals surface area contributed by atoms with Crippen LogP contribution in [0.2, 0.25) is 0 Å². The molecule has 2 unspecified atom stereocenters. The number of hydrogen-bond donors (Lipinski definition) is 2. The first-order valence-corrected chi connectivity index (χ1v) is 7.43. The first-order chi connectivity index (χ1) is 10.2. The monoisotopic (exact) mass is 280 g/mol. The number of nitrogen functional groups attached to an aromatic ring is 1. The van der Waals surface area contributed by atoms with Crippen molar-refractivity contribution in [2.75, 3.05) is 11.1 Å². The fourth-order valence-electron chi connectivity index (χ4n) is 2.78. The minimum absolute atomic E-state index is 0.0828. The van der Waals surface area contributed by atoms with Gasteiger partial charge in [0.15, 0.2) is 0 Å². The number of anilines is 2. The smallest absolute Gasteiger partial charge is 0.228 e. The molecule has 0 radical (unpaired) electrons. The van der Waals surface area contributed by atoms with E-state index >= 15 is 0 Å². The third kappa shape index (κ3) is 2.92. The predicted octanol–water partition coefficient (Wildman–Crippen LogP) is 3.57. The van der Waals surface area contributed by atoms with Crippen LogP contribution in [0.1, 0.15) is 30.4 Å². The Bertz CT molecular complexity index is 652. The molecule has 108 valence electrons. The first-order valence-electron chi connectivity index (χ1n) is 7.43. The second kappa shape index (κ2) is 5.60. The molecule has 1 amide bonds. The van der Waals surface area contributed by atoms with E-state index in [0.29, 0.717) is 5.92 Å². The van der Waals surface area contributed by atoms with Gasteiger partial charge >= 0.3 is 0 Å². The van der Waals surface area contributed by atoms with Gasteiger partial charge in [0.05, 0.1) is 0 Å². The van der Waals surface area contributed by atoms with Crippen LogP contribution in [-0.4, -0.2) is 5.91 Å². The highest BCUT2D eigenvalue weighted by atomic mass is 16.2. The van der Waals surface area contributed by atoms with Gasteiger partial charge < -0.3 is 11.1 Å². The van der Waals surface area contributed by atoms with Gasteiger partial charge in [0.1, 0.15) is 0 Å². The number of aryl methyl sites for hydroxylation is 1. The summed E-state index contributed by atoms with van der Waals surface area (Å²) in [6.07, 6.45) is 1.83. The molecule has 0 aromatic heterocycles. The molecule has 1 aliphatic carbocycles. The summed E-state index contributed by atoms with van der Waals surface area (Å²) < 4.78 is 0. The third-order valence-electron chi connectivity index (χ3n) is 4.15. The van der Waals surface area contributed by atoms with E-state index in [1.165, 1.54) is 5.56 Å². The second-order valence-corrected chi connectivity index (χ2v) is 5.62. The number of carbonyl (C=O) groups excluding carboxylic acids is 1. The van der Waals surface area contributed by atoms with E-state index in [0.717, 1.165) is 29.8 Å². The molecule has 1 saturated carbocycles. The molecule has 3 nitrogen and oxygen atoms in total. The van der Waals surface area contributed by atoms with Crippen LogP contribution in [0.25, 0.3) is 0 Å². The van der Waals surface area contributed by atoms with E-state index in [9.17, 15) is 4.79 Å². The van der Waals surface area contributed by atoms with Crippen LogP contribution in [0, 0.1) is 5.92 Å². The maximum atomic E-state index is 12.3. The number of carbonyl (C=O) groups is 1. The van der Waals surface area contributed by atoms with Crippen molar-refractivity contribution in [1.82, 2.24) is 0 Å². The van der Waals surface area contributed by atoms with Crippen molar-refractivity contribution in [3.8, 4) is 0 Å². The minimum Gasteiger partial charge on any atom is -0.398 e. The Morgan fingerprint density at radius 1 is 1.24 bits per heavy atom. The fraction of sp³-hybridized carbons (Fsp3) is 0.278. The van der Waals surface area contributed by atoms with Crippen molar-refractivity contribution in [2.24, 2.45) is 5.92 Å². The van der Waals surface area contributed by atoms with Crippen LogP contribution in [0.15, 0.2) is 48.5 Å². The number of nitrogens with two attached hydrogens (primary N) is 1. The zero-order chi connectivity index (χ0) is 14.8. The molecule has 1 fully saturated rings. The quantitative estimate of drug-likeness (QED) is 0.841. The molecule has 3 rings (SSSR count). The summed E-state index contributed by atoms with van der Waals surface area (Å²) >= 11 is 0. The highest BCUT2D eigenvalue weighted by Crippen LogP contribution is 2.47. The average molecular weight is 280 g/mol. The molecule has 21 heavy (non-hydrogen) atoms. The van der Waals surface area contributed by atoms with E-state index in [2.05, 4.69) is 24.4 Å². The summed E-state index contributed by atoms with van der Waals surface area (Å²) in [5, 5.41) is 2.98. The van der Waals surface area contributed by atoms with Crippen molar-refractivity contribution < 1.29 is 4.79 Å². The third-order valence-corrected chi connectivity index (χ3v) is 4.15. The second-order valence-electron chi connectivity index (χ2n) is 5.62. The molecule has 1 aliphatic rings. The van der Waals surface area contributed by atoms with Gasteiger partial charge in [0, 0.05) is 17.3 Å². The lowest BCUT2D eigenvalue weighted by Crippen LogP contribution is -2.14. The Balaban J connectivity index is 1.64. The molecule has 0 bridgehead atoms. The highest BCUT2D eigenvalue weighted by Gasteiger charge is 2.43. The lowest BCUT2D eigenvalue weighted by molar-refractivity contribution is -0.117. The summed E-state index contributed by atoms with van der Waals surface area (Å²) in [5.41, 5.74) is 9.85. The van der Waals surface area contributed by atoms with Crippen molar-refractivity contribution >= 4 is 17.3 Å². The number of hydrogen-bond acceptors (Lipinski definition) is 2. The molecule has 0 aliphatic heterocycles. The van der Waals surface area contributed by atoms with Gasteiger partial charge in [-0.05, 0) is 42.0 Å². The standard InChI is InChI=1S/C18H20N2O/c1-2-12-8-9-14(10-17(12)19)20-18(21)16-11-15(16)13-6-4-3-5-7-13/h3-10,15-16H,2,11,19H2,1H3,(H,20,21). The predicted molar refractivity (Wildman–Crippen MR) is 86.2 cm³/mol. The van der Waals surface area contributed by atoms with Gasteiger partial charge in [-0.15, -0.1) is 0 Å². The molecular formula is C18H20N2O. The SMILES string of the molecule is CCc1ccc(NC(=O)C2CC2c2ccccc2)cc1N. The Kier molecular flexibility index (Phi) is 3.65. The van der Waals surface area contributed by atoms with Crippen molar-refractivity contribution in [3.63, 3.8) is 0 Å². The molecule has 0 heterocycles. The summed E-state index contributed by atoms with van der Waals surface area (Å²) in [5.74, 6) is 0.533. The number of benzene rings is 2. The van der Waals surface area contributed by atoms with E-state index in [1.54, 1.807) is 0 Å². The zero-order valence-electron chi connectivity index (χ0n) is 12.2. The maximum Gasteiger partial charge on any atom is 0.228 e. The molecule has 2 atom stereocenters. The van der Waals surface area contributed by atoms with Gasteiger partial charge in [-0.1, -0.05) is 43.3 Å². The zero-order valence-corrected chi connectivity index (χ0v) is 12.2. The van der Waals surface area contributed by atoms with E-state index < -0.39 is 0 Å². The average Bonchev–Trinajstić information content (AvgIpc) is 3.29. The highest BCUT2D eigenvalue weighted by molar-refractivity contribution is 5.95. The lowest BCUT2D eigenvalue weighted by Gasteiger charge is -2.08. The molecule has 2 aromatic rings. The Hall–Kier alpha value is -2.29.